The van der Waals surface area contributed by atoms with Gasteiger partial charge in [-0.15, -0.1) is 0 Å². The Morgan fingerprint density at radius 3 is 1.63 bits per heavy atom. The van der Waals surface area contributed by atoms with E-state index in [1.54, 1.807) is 0 Å². The molecule has 0 bridgehead atoms. The van der Waals surface area contributed by atoms with E-state index in [0.29, 0.717) is 0 Å². The Labute approximate surface area is 128 Å². The smallest absolute Gasteiger partial charge is 0.00313 e. The molecule has 2 heteroatoms. The van der Waals surface area contributed by atoms with Crippen molar-refractivity contribution in [3.05, 3.63) is 0 Å². The number of halogens is 1. The summed E-state index contributed by atoms with van der Waals surface area (Å²) in [6, 6.07) is 0. The van der Waals surface area contributed by atoms with Crippen LogP contribution in [-0.4, -0.2) is 29.9 Å². The Bertz CT molecular complexity index is 209. The van der Waals surface area contributed by atoms with Gasteiger partial charge >= 0.3 is 0 Å². The van der Waals surface area contributed by atoms with Crippen molar-refractivity contribution in [3.8, 4) is 0 Å². The zero-order chi connectivity index (χ0) is 13.3. The summed E-state index contributed by atoms with van der Waals surface area (Å²) >= 11 is 3.50. The fraction of sp³-hybridized carbons (Fsp3) is 1.00. The standard InChI is InChI=1S/C17H32BrN/c18-12-6-4-2-1-3-5-7-13-19(14-16-8-9-16)15-17-10-11-17/h16-17H,1-15H2. The molecule has 112 valence electrons. The van der Waals surface area contributed by atoms with Crippen LogP contribution in [0.4, 0.5) is 0 Å². The quantitative estimate of drug-likeness (QED) is 0.330. The Balaban J connectivity index is 1.42. The van der Waals surface area contributed by atoms with Gasteiger partial charge in [0.05, 0.1) is 0 Å². The van der Waals surface area contributed by atoms with Crippen LogP contribution in [-0.2, 0) is 0 Å². The highest BCUT2D eigenvalue weighted by molar-refractivity contribution is 9.09. The first kappa shape index (κ1) is 15.8. The van der Waals surface area contributed by atoms with E-state index in [4.69, 9.17) is 0 Å². The molecule has 1 nitrogen and oxygen atoms in total. The van der Waals surface area contributed by atoms with Crippen LogP contribution in [0.3, 0.4) is 0 Å². The fourth-order valence-electron chi connectivity index (χ4n) is 2.90. The number of rotatable bonds is 13. The molecule has 0 heterocycles. The number of nitrogens with zero attached hydrogens (tertiary/aromatic N) is 1. The van der Waals surface area contributed by atoms with Gasteiger partial charge in [0.1, 0.15) is 0 Å². The molecule has 0 saturated heterocycles. The third kappa shape index (κ3) is 8.34. The number of hydrogen-bond acceptors (Lipinski definition) is 1. The van der Waals surface area contributed by atoms with Gasteiger partial charge in [-0.05, 0) is 56.9 Å². The Hall–Kier alpha value is 0.440. The van der Waals surface area contributed by atoms with Gasteiger partial charge in [0.15, 0.2) is 0 Å². The first-order valence-corrected chi connectivity index (χ1v) is 9.79. The molecule has 0 spiro atoms. The minimum Gasteiger partial charge on any atom is -0.303 e. The molecule has 0 atom stereocenters. The summed E-state index contributed by atoms with van der Waals surface area (Å²) in [5, 5.41) is 1.18. The second kappa shape index (κ2) is 9.39. The van der Waals surface area contributed by atoms with Gasteiger partial charge in [-0.1, -0.05) is 48.0 Å². The lowest BCUT2D eigenvalue weighted by Gasteiger charge is -2.22. The lowest BCUT2D eigenvalue weighted by Crippen LogP contribution is -2.29. The van der Waals surface area contributed by atoms with Gasteiger partial charge < -0.3 is 4.90 Å². The first-order chi connectivity index (χ1) is 9.38. The van der Waals surface area contributed by atoms with Gasteiger partial charge in [-0.3, -0.25) is 0 Å². The van der Waals surface area contributed by atoms with Gasteiger partial charge in [-0.25, -0.2) is 0 Å². The third-order valence-electron chi connectivity index (χ3n) is 4.53. The van der Waals surface area contributed by atoms with E-state index >= 15 is 0 Å². The number of alkyl halides is 1. The Morgan fingerprint density at radius 1 is 0.684 bits per heavy atom. The van der Waals surface area contributed by atoms with Crippen LogP contribution in [0.5, 0.6) is 0 Å². The van der Waals surface area contributed by atoms with Gasteiger partial charge in [0.2, 0.25) is 0 Å². The van der Waals surface area contributed by atoms with Crippen LogP contribution in [0.25, 0.3) is 0 Å². The van der Waals surface area contributed by atoms with E-state index in [9.17, 15) is 0 Å². The summed E-state index contributed by atoms with van der Waals surface area (Å²) in [6.45, 7) is 4.22. The maximum absolute atomic E-state index is 3.50. The molecular formula is C17H32BrN. The van der Waals surface area contributed by atoms with Gasteiger partial charge in [-0.2, -0.15) is 0 Å². The lowest BCUT2D eigenvalue weighted by molar-refractivity contribution is 0.246. The largest absolute Gasteiger partial charge is 0.303 e. The summed E-state index contributed by atoms with van der Waals surface area (Å²) in [5.74, 6) is 2.14. The molecule has 2 aliphatic rings. The van der Waals surface area contributed by atoms with Crippen LogP contribution >= 0.6 is 15.9 Å². The second-order valence-corrected chi connectivity index (χ2v) is 7.60. The topological polar surface area (TPSA) is 3.24 Å². The summed E-state index contributed by atoms with van der Waals surface area (Å²) in [6.07, 6.45) is 16.1. The van der Waals surface area contributed by atoms with Crippen molar-refractivity contribution in [2.45, 2.75) is 70.6 Å². The molecule has 2 fully saturated rings. The minimum atomic E-state index is 1.07. The molecular weight excluding hydrogens is 298 g/mol. The normalized spacial score (nSPS) is 19.3. The maximum atomic E-state index is 3.50. The van der Waals surface area contributed by atoms with E-state index in [-0.39, 0.29) is 0 Å². The van der Waals surface area contributed by atoms with E-state index < -0.39 is 0 Å². The highest BCUT2D eigenvalue weighted by Crippen LogP contribution is 2.33. The van der Waals surface area contributed by atoms with Crippen molar-refractivity contribution in [1.82, 2.24) is 4.90 Å². The molecule has 0 amide bonds. The lowest BCUT2D eigenvalue weighted by atomic mass is 10.1. The van der Waals surface area contributed by atoms with Crippen LogP contribution in [0, 0.1) is 11.8 Å². The fourth-order valence-corrected chi connectivity index (χ4v) is 3.30. The minimum absolute atomic E-state index is 1.07. The molecule has 0 aromatic heterocycles. The van der Waals surface area contributed by atoms with Gasteiger partial charge in [0, 0.05) is 18.4 Å². The zero-order valence-electron chi connectivity index (χ0n) is 12.6. The molecule has 19 heavy (non-hydrogen) atoms. The zero-order valence-corrected chi connectivity index (χ0v) is 14.2. The molecule has 0 aliphatic heterocycles. The SMILES string of the molecule is BrCCCCCCCCCN(CC1CC1)CC1CC1. The highest BCUT2D eigenvalue weighted by atomic mass is 79.9. The number of unbranched alkanes of at least 4 members (excludes halogenated alkanes) is 6. The van der Waals surface area contributed by atoms with Crippen molar-refractivity contribution < 1.29 is 0 Å². The first-order valence-electron chi connectivity index (χ1n) is 8.67. The third-order valence-corrected chi connectivity index (χ3v) is 5.10. The Morgan fingerprint density at radius 2 is 1.16 bits per heavy atom. The predicted molar refractivity (Wildman–Crippen MR) is 88.0 cm³/mol. The predicted octanol–water partition coefficient (Wildman–Crippen LogP) is 5.23. The van der Waals surface area contributed by atoms with Crippen LogP contribution in [0.15, 0.2) is 0 Å². The van der Waals surface area contributed by atoms with E-state index in [2.05, 4.69) is 20.8 Å². The molecule has 0 unspecified atom stereocenters. The molecule has 2 saturated carbocycles. The molecule has 0 N–H and O–H groups in total. The van der Waals surface area contributed by atoms with Crippen LogP contribution in [0.1, 0.15) is 70.6 Å². The van der Waals surface area contributed by atoms with Crippen molar-refractivity contribution in [2.75, 3.05) is 25.0 Å². The average molecular weight is 330 g/mol. The van der Waals surface area contributed by atoms with Crippen molar-refractivity contribution in [1.29, 1.82) is 0 Å². The van der Waals surface area contributed by atoms with E-state index in [0.717, 1.165) is 11.8 Å². The van der Waals surface area contributed by atoms with Crippen molar-refractivity contribution >= 4 is 15.9 Å². The molecule has 0 radical (unpaired) electrons. The summed E-state index contributed by atoms with van der Waals surface area (Å²) in [7, 11) is 0. The highest BCUT2D eigenvalue weighted by Gasteiger charge is 2.28. The molecule has 2 aliphatic carbocycles. The van der Waals surface area contributed by atoms with Crippen LogP contribution in [0.2, 0.25) is 0 Å². The van der Waals surface area contributed by atoms with E-state index in [1.807, 2.05) is 0 Å². The van der Waals surface area contributed by atoms with Gasteiger partial charge in [0.25, 0.3) is 0 Å². The number of hydrogen-bond donors (Lipinski definition) is 0. The van der Waals surface area contributed by atoms with Crippen LogP contribution < -0.4 is 0 Å². The summed E-state index contributed by atoms with van der Waals surface area (Å²) in [4.78, 5) is 2.79. The molecule has 2 rings (SSSR count). The average Bonchev–Trinajstić information content (AvgIpc) is 3.28. The monoisotopic (exact) mass is 329 g/mol. The maximum Gasteiger partial charge on any atom is 0.00313 e. The Kier molecular flexibility index (Phi) is 7.82. The second-order valence-electron chi connectivity index (χ2n) is 6.81. The molecule has 0 aromatic rings. The van der Waals surface area contributed by atoms with Crippen molar-refractivity contribution in [3.63, 3.8) is 0 Å². The van der Waals surface area contributed by atoms with E-state index in [1.165, 1.54) is 95.6 Å². The summed E-state index contributed by atoms with van der Waals surface area (Å²) in [5.41, 5.74) is 0. The summed E-state index contributed by atoms with van der Waals surface area (Å²) < 4.78 is 0. The molecule has 0 aromatic carbocycles. The van der Waals surface area contributed by atoms with Crippen molar-refractivity contribution in [2.24, 2.45) is 11.8 Å².